The molecule has 1 atom stereocenters. The molecule has 1 unspecified atom stereocenters. The first-order valence-electron chi connectivity index (χ1n) is 7.44. The minimum absolute atomic E-state index is 0.00150. The molecule has 0 N–H and O–H groups in total. The fourth-order valence-corrected chi connectivity index (χ4v) is 3.18. The summed E-state index contributed by atoms with van der Waals surface area (Å²) in [5, 5.41) is 0.653. The molecule has 2 aromatic carbocycles. The molecule has 1 aliphatic rings. The van der Waals surface area contributed by atoms with Crippen LogP contribution in [0.15, 0.2) is 54.6 Å². The molecule has 0 spiro atoms. The normalized spacial score (nSPS) is 16.7. The number of carbonyl (C=O) groups excluding carboxylic acids is 1. The lowest BCUT2D eigenvalue weighted by Crippen LogP contribution is -2.28. The SMILES string of the molecule is CN(C(=O)/C=C/c1ccccc1Cl)C1CCc2ccccc21. The average molecular weight is 312 g/mol. The van der Waals surface area contributed by atoms with Gasteiger partial charge in [0.1, 0.15) is 0 Å². The van der Waals surface area contributed by atoms with Gasteiger partial charge in [-0.1, -0.05) is 54.1 Å². The zero-order valence-electron chi connectivity index (χ0n) is 12.5. The minimum Gasteiger partial charge on any atom is -0.335 e. The quantitative estimate of drug-likeness (QED) is 0.764. The predicted octanol–water partition coefficient (Wildman–Crippen LogP) is 4.50. The second-order valence-corrected chi connectivity index (χ2v) is 5.96. The third-order valence-corrected chi connectivity index (χ3v) is 4.57. The van der Waals surface area contributed by atoms with Gasteiger partial charge in [-0.3, -0.25) is 4.79 Å². The van der Waals surface area contributed by atoms with Gasteiger partial charge in [-0.15, -0.1) is 0 Å². The molecule has 22 heavy (non-hydrogen) atoms. The van der Waals surface area contributed by atoms with Gasteiger partial charge in [0.2, 0.25) is 5.91 Å². The second-order valence-electron chi connectivity index (χ2n) is 5.56. The van der Waals surface area contributed by atoms with Crippen molar-refractivity contribution in [2.75, 3.05) is 7.05 Å². The van der Waals surface area contributed by atoms with Gasteiger partial charge in [0.15, 0.2) is 0 Å². The average Bonchev–Trinajstić information content (AvgIpc) is 2.97. The van der Waals surface area contributed by atoms with Crippen LogP contribution in [-0.2, 0) is 11.2 Å². The van der Waals surface area contributed by atoms with Crippen LogP contribution in [0.4, 0.5) is 0 Å². The molecular weight excluding hydrogens is 294 g/mol. The lowest BCUT2D eigenvalue weighted by Gasteiger charge is -2.24. The first-order chi connectivity index (χ1) is 10.7. The van der Waals surface area contributed by atoms with Gasteiger partial charge in [0.05, 0.1) is 6.04 Å². The Morgan fingerprint density at radius 2 is 1.91 bits per heavy atom. The first-order valence-corrected chi connectivity index (χ1v) is 7.82. The molecule has 0 bridgehead atoms. The number of amides is 1. The van der Waals surface area contributed by atoms with Gasteiger partial charge in [-0.25, -0.2) is 0 Å². The van der Waals surface area contributed by atoms with E-state index in [0.717, 1.165) is 18.4 Å². The summed E-state index contributed by atoms with van der Waals surface area (Å²) in [6, 6.07) is 16.0. The van der Waals surface area contributed by atoms with Crippen molar-refractivity contribution in [1.29, 1.82) is 0 Å². The topological polar surface area (TPSA) is 20.3 Å². The van der Waals surface area contributed by atoms with Crippen LogP contribution in [0.2, 0.25) is 5.02 Å². The summed E-state index contributed by atoms with van der Waals surface area (Å²) < 4.78 is 0. The van der Waals surface area contributed by atoms with Crippen LogP contribution in [0, 0.1) is 0 Å². The molecule has 2 aromatic rings. The Morgan fingerprint density at radius 3 is 2.73 bits per heavy atom. The van der Waals surface area contributed by atoms with E-state index in [2.05, 4.69) is 18.2 Å². The van der Waals surface area contributed by atoms with Crippen molar-refractivity contribution in [3.05, 3.63) is 76.3 Å². The van der Waals surface area contributed by atoms with E-state index in [9.17, 15) is 4.79 Å². The predicted molar refractivity (Wildman–Crippen MR) is 90.8 cm³/mol. The third kappa shape index (κ3) is 2.93. The maximum atomic E-state index is 12.4. The van der Waals surface area contributed by atoms with E-state index in [-0.39, 0.29) is 11.9 Å². The fraction of sp³-hybridized carbons (Fsp3) is 0.211. The summed E-state index contributed by atoms with van der Waals surface area (Å²) in [6.07, 6.45) is 5.40. The standard InChI is InChI=1S/C19H18ClNO/c1-21(18-12-10-14-6-2-4-8-16(14)18)19(22)13-11-15-7-3-5-9-17(15)20/h2-9,11,13,18H,10,12H2,1H3/b13-11+. The number of fused-ring (bicyclic) bond motifs is 1. The molecule has 1 aliphatic carbocycles. The Kier molecular flexibility index (Phi) is 4.30. The van der Waals surface area contributed by atoms with Crippen LogP contribution in [0.25, 0.3) is 6.08 Å². The van der Waals surface area contributed by atoms with Crippen molar-refractivity contribution < 1.29 is 4.79 Å². The second kappa shape index (κ2) is 6.37. The highest BCUT2D eigenvalue weighted by Crippen LogP contribution is 2.34. The highest BCUT2D eigenvalue weighted by molar-refractivity contribution is 6.32. The van der Waals surface area contributed by atoms with Gasteiger partial charge >= 0.3 is 0 Å². The number of hydrogen-bond acceptors (Lipinski definition) is 1. The minimum atomic E-state index is 0.00150. The third-order valence-electron chi connectivity index (χ3n) is 4.23. The molecule has 0 radical (unpaired) electrons. The largest absolute Gasteiger partial charge is 0.335 e. The number of hydrogen-bond donors (Lipinski definition) is 0. The Labute approximate surface area is 136 Å². The molecule has 3 rings (SSSR count). The van der Waals surface area contributed by atoms with Crippen molar-refractivity contribution in [2.45, 2.75) is 18.9 Å². The number of benzene rings is 2. The molecule has 1 amide bonds. The molecule has 0 fully saturated rings. The van der Waals surface area contributed by atoms with Crippen molar-refractivity contribution in [1.82, 2.24) is 4.90 Å². The highest BCUT2D eigenvalue weighted by Gasteiger charge is 2.27. The molecule has 0 saturated carbocycles. The Bertz CT molecular complexity index is 723. The fourth-order valence-electron chi connectivity index (χ4n) is 2.98. The van der Waals surface area contributed by atoms with Gasteiger partial charge in [0, 0.05) is 18.1 Å². The molecule has 0 heterocycles. The van der Waals surface area contributed by atoms with Crippen molar-refractivity contribution >= 4 is 23.6 Å². The number of halogens is 1. The zero-order chi connectivity index (χ0) is 15.5. The molecular formula is C19H18ClNO. The lowest BCUT2D eigenvalue weighted by molar-refractivity contribution is -0.126. The number of nitrogens with zero attached hydrogens (tertiary/aromatic N) is 1. The Hall–Kier alpha value is -2.06. The van der Waals surface area contributed by atoms with E-state index < -0.39 is 0 Å². The summed E-state index contributed by atoms with van der Waals surface area (Å²) in [5.74, 6) is 0.00150. The van der Waals surface area contributed by atoms with E-state index in [1.54, 1.807) is 12.2 Å². The summed E-state index contributed by atoms with van der Waals surface area (Å²) in [4.78, 5) is 14.2. The van der Waals surface area contributed by atoms with Gasteiger partial charge in [-0.2, -0.15) is 0 Å². The monoisotopic (exact) mass is 311 g/mol. The molecule has 0 saturated heterocycles. The zero-order valence-corrected chi connectivity index (χ0v) is 13.3. The van der Waals surface area contributed by atoms with Crippen LogP contribution in [0.3, 0.4) is 0 Å². The van der Waals surface area contributed by atoms with E-state index in [4.69, 9.17) is 11.6 Å². The maximum absolute atomic E-state index is 12.4. The van der Waals surface area contributed by atoms with Crippen molar-refractivity contribution in [2.24, 2.45) is 0 Å². The van der Waals surface area contributed by atoms with Gasteiger partial charge in [0.25, 0.3) is 0 Å². The molecule has 0 aromatic heterocycles. The van der Waals surface area contributed by atoms with Crippen LogP contribution < -0.4 is 0 Å². The van der Waals surface area contributed by atoms with Crippen LogP contribution in [0.5, 0.6) is 0 Å². The van der Waals surface area contributed by atoms with Crippen molar-refractivity contribution in [3.63, 3.8) is 0 Å². The van der Waals surface area contributed by atoms with Crippen LogP contribution in [0.1, 0.15) is 29.2 Å². The molecule has 2 nitrogen and oxygen atoms in total. The number of aryl methyl sites for hydroxylation is 1. The van der Waals surface area contributed by atoms with E-state index in [1.165, 1.54) is 11.1 Å². The van der Waals surface area contributed by atoms with Crippen LogP contribution >= 0.6 is 11.6 Å². The number of carbonyl (C=O) groups is 1. The summed E-state index contributed by atoms with van der Waals surface area (Å²) in [7, 11) is 1.87. The van der Waals surface area contributed by atoms with Crippen molar-refractivity contribution in [3.8, 4) is 0 Å². The number of rotatable bonds is 3. The van der Waals surface area contributed by atoms with E-state index in [0.29, 0.717) is 5.02 Å². The van der Waals surface area contributed by atoms with Gasteiger partial charge in [-0.05, 0) is 41.7 Å². The maximum Gasteiger partial charge on any atom is 0.246 e. The van der Waals surface area contributed by atoms with Gasteiger partial charge < -0.3 is 4.90 Å². The Morgan fingerprint density at radius 1 is 1.18 bits per heavy atom. The summed E-state index contributed by atoms with van der Waals surface area (Å²) >= 11 is 6.11. The number of likely N-dealkylation sites (N-methyl/N-ethyl adjacent to an activating group) is 1. The molecule has 112 valence electrons. The van der Waals surface area contributed by atoms with Crippen LogP contribution in [-0.4, -0.2) is 17.9 Å². The summed E-state index contributed by atoms with van der Waals surface area (Å²) in [6.45, 7) is 0. The summed E-state index contributed by atoms with van der Waals surface area (Å²) in [5.41, 5.74) is 3.48. The molecule has 0 aliphatic heterocycles. The molecule has 3 heteroatoms. The first kappa shape index (κ1) is 14.9. The highest BCUT2D eigenvalue weighted by atomic mass is 35.5. The Balaban J connectivity index is 1.75. The van der Waals surface area contributed by atoms with E-state index in [1.807, 2.05) is 42.3 Å². The lowest BCUT2D eigenvalue weighted by atomic mass is 10.1. The smallest absolute Gasteiger partial charge is 0.246 e. The van der Waals surface area contributed by atoms with E-state index >= 15 is 0 Å².